The maximum atomic E-state index is 15.1. The Hall–Kier alpha value is -6.32. The SMILES string of the molecule is Cn1cc2c(CCN)c(Nc3nc(=O)n(-c4cncc5cccc(-c6cccc(C(=O)O)c6)c45)c(=O)n3Cc3cc(F)c(F)cc3F)c(Cl)cc2n1. The molecule has 0 bridgehead atoms. The summed E-state index contributed by atoms with van der Waals surface area (Å²) in [6.45, 7) is -0.519. The minimum Gasteiger partial charge on any atom is -0.478 e. The van der Waals surface area contributed by atoms with Crippen LogP contribution in [0.2, 0.25) is 5.02 Å². The summed E-state index contributed by atoms with van der Waals surface area (Å²) in [6, 6.07) is 13.7. The Bertz CT molecular complexity index is 2710. The standard InChI is InChI=1S/C36H26ClF3N8O4/c1-46-17-24-23(8-9-41)32(25(37)12-29(24)45-46)43-34-44-35(51)48(36(52)47(34)16-21-11-27(39)28(40)13-26(21)38)30-15-42-14-20-6-3-7-22(31(20)30)18-4-2-5-19(10-18)33(49)50/h2-7,10-15,17H,8-9,16,41H2,1H3,(H,49,50)(H,43,44,51). The van der Waals surface area contributed by atoms with Gasteiger partial charge in [-0.25, -0.2) is 32.1 Å². The molecule has 16 heteroatoms. The lowest BCUT2D eigenvalue weighted by Gasteiger charge is -2.19. The fourth-order valence-corrected chi connectivity index (χ4v) is 6.47. The zero-order chi connectivity index (χ0) is 36.8. The molecule has 0 unspecified atom stereocenters. The average molecular weight is 727 g/mol. The highest BCUT2D eigenvalue weighted by molar-refractivity contribution is 6.34. The number of benzene rings is 4. The van der Waals surface area contributed by atoms with Crippen LogP contribution in [0.4, 0.5) is 24.8 Å². The Morgan fingerprint density at radius 3 is 2.54 bits per heavy atom. The number of carboxylic acid groups (broad SMARTS) is 1. The van der Waals surface area contributed by atoms with Crippen molar-refractivity contribution in [3.8, 4) is 16.8 Å². The molecular weight excluding hydrogens is 701 g/mol. The maximum absolute atomic E-state index is 15.1. The number of hydrogen-bond donors (Lipinski definition) is 3. The van der Waals surface area contributed by atoms with E-state index in [9.17, 15) is 28.3 Å². The van der Waals surface area contributed by atoms with Gasteiger partial charge in [-0.15, -0.1) is 0 Å². The van der Waals surface area contributed by atoms with Gasteiger partial charge in [-0.1, -0.05) is 41.9 Å². The maximum Gasteiger partial charge on any atom is 0.359 e. The van der Waals surface area contributed by atoms with Crippen molar-refractivity contribution in [3.63, 3.8) is 0 Å². The van der Waals surface area contributed by atoms with E-state index in [0.717, 1.165) is 9.13 Å². The van der Waals surface area contributed by atoms with Crippen molar-refractivity contribution in [2.75, 3.05) is 11.9 Å². The van der Waals surface area contributed by atoms with Crippen LogP contribution < -0.4 is 22.4 Å². The molecule has 262 valence electrons. The predicted molar refractivity (Wildman–Crippen MR) is 189 cm³/mol. The van der Waals surface area contributed by atoms with Crippen LogP contribution in [0.1, 0.15) is 21.5 Å². The number of nitrogens with two attached hydrogens (primary N) is 1. The minimum atomic E-state index is -1.43. The number of aromatic carboxylic acids is 1. The Morgan fingerprint density at radius 1 is 1.00 bits per heavy atom. The van der Waals surface area contributed by atoms with Gasteiger partial charge in [0.25, 0.3) is 0 Å². The molecule has 0 spiro atoms. The Kier molecular flexibility index (Phi) is 8.82. The molecule has 7 rings (SSSR count). The second-order valence-corrected chi connectivity index (χ2v) is 12.2. The van der Waals surface area contributed by atoms with Crippen LogP contribution in [-0.4, -0.2) is 46.5 Å². The molecule has 7 aromatic rings. The molecule has 12 nitrogen and oxygen atoms in total. The third kappa shape index (κ3) is 6.05. The molecule has 4 aromatic carbocycles. The van der Waals surface area contributed by atoms with Crippen LogP contribution in [0.15, 0.2) is 88.8 Å². The molecule has 3 aromatic heterocycles. The van der Waals surface area contributed by atoms with E-state index in [2.05, 4.69) is 20.4 Å². The number of nitrogens with one attached hydrogen (secondary N) is 1. The lowest BCUT2D eigenvalue weighted by atomic mass is 9.97. The summed E-state index contributed by atoms with van der Waals surface area (Å²) in [5.74, 6) is -5.49. The number of hydrogen-bond acceptors (Lipinski definition) is 8. The minimum absolute atomic E-state index is 0.00687. The molecule has 0 amide bonds. The number of rotatable bonds is 9. The van der Waals surface area contributed by atoms with Gasteiger partial charge in [-0.05, 0) is 53.9 Å². The molecule has 0 aliphatic rings. The Labute approximate surface area is 296 Å². The average Bonchev–Trinajstić information content (AvgIpc) is 3.49. The summed E-state index contributed by atoms with van der Waals surface area (Å²) in [7, 11) is 1.72. The monoisotopic (exact) mass is 726 g/mol. The zero-order valence-electron chi connectivity index (χ0n) is 27.1. The first-order valence-electron chi connectivity index (χ1n) is 15.6. The number of carboxylic acids is 1. The van der Waals surface area contributed by atoms with Gasteiger partial charge in [-0.3, -0.25) is 14.2 Å². The van der Waals surface area contributed by atoms with Gasteiger partial charge in [0.05, 0.1) is 40.2 Å². The lowest BCUT2D eigenvalue weighted by molar-refractivity contribution is 0.0697. The van der Waals surface area contributed by atoms with Gasteiger partial charge in [0.1, 0.15) is 5.82 Å². The lowest BCUT2D eigenvalue weighted by Crippen LogP contribution is -2.42. The Balaban J connectivity index is 1.49. The number of aromatic nitrogens is 6. The first-order valence-corrected chi connectivity index (χ1v) is 16.0. The molecule has 0 radical (unpaired) electrons. The van der Waals surface area contributed by atoms with Crippen molar-refractivity contribution in [3.05, 3.63) is 139 Å². The summed E-state index contributed by atoms with van der Waals surface area (Å²) < 4.78 is 46.7. The molecular formula is C36H26ClF3N8O4. The molecule has 4 N–H and O–H groups in total. The van der Waals surface area contributed by atoms with E-state index in [1.54, 1.807) is 54.3 Å². The fraction of sp³-hybridized carbons (Fsp3) is 0.111. The van der Waals surface area contributed by atoms with Crippen LogP contribution >= 0.6 is 11.6 Å². The third-order valence-corrected chi connectivity index (χ3v) is 8.83. The number of pyridine rings is 1. The predicted octanol–water partition coefficient (Wildman–Crippen LogP) is 5.56. The second-order valence-electron chi connectivity index (χ2n) is 11.8. The smallest absolute Gasteiger partial charge is 0.359 e. The number of halogens is 4. The van der Waals surface area contributed by atoms with Crippen LogP contribution in [0, 0.1) is 17.5 Å². The van der Waals surface area contributed by atoms with E-state index in [-0.39, 0.29) is 40.9 Å². The van der Waals surface area contributed by atoms with E-state index in [1.165, 1.54) is 24.5 Å². The molecule has 0 aliphatic carbocycles. The van der Waals surface area contributed by atoms with Crippen LogP contribution in [-0.2, 0) is 20.0 Å². The van der Waals surface area contributed by atoms with E-state index < -0.39 is 46.9 Å². The molecule has 0 aliphatic heterocycles. The molecule has 0 saturated heterocycles. The number of aryl methyl sites for hydroxylation is 1. The van der Waals surface area contributed by atoms with Crippen molar-refractivity contribution >= 4 is 50.9 Å². The van der Waals surface area contributed by atoms with Crippen molar-refractivity contribution < 1.29 is 23.1 Å². The largest absolute Gasteiger partial charge is 0.478 e. The number of fused-ring (bicyclic) bond motifs is 2. The van der Waals surface area contributed by atoms with Gasteiger partial charge in [0.2, 0.25) is 5.95 Å². The number of carbonyl (C=O) groups is 1. The zero-order valence-corrected chi connectivity index (χ0v) is 27.8. The first-order chi connectivity index (χ1) is 24.9. The summed E-state index contributed by atoms with van der Waals surface area (Å²) >= 11 is 6.71. The quantitative estimate of drug-likeness (QED) is 0.162. The molecule has 0 fully saturated rings. The van der Waals surface area contributed by atoms with E-state index in [0.29, 0.717) is 50.5 Å². The van der Waals surface area contributed by atoms with Crippen LogP contribution in [0.5, 0.6) is 0 Å². The first kappa shape index (κ1) is 34.1. The van der Waals surface area contributed by atoms with Crippen molar-refractivity contribution in [2.24, 2.45) is 12.8 Å². The summed E-state index contributed by atoms with van der Waals surface area (Å²) in [5.41, 5.74) is 5.69. The summed E-state index contributed by atoms with van der Waals surface area (Å²) in [5, 5.41) is 18.7. The van der Waals surface area contributed by atoms with E-state index >= 15 is 4.39 Å². The molecule has 0 atom stereocenters. The van der Waals surface area contributed by atoms with Crippen molar-refractivity contribution in [2.45, 2.75) is 13.0 Å². The van der Waals surface area contributed by atoms with Crippen molar-refractivity contribution in [1.29, 1.82) is 0 Å². The van der Waals surface area contributed by atoms with E-state index in [4.69, 9.17) is 17.3 Å². The molecule has 0 saturated carbocycles. The van der Waals surface area contributed by atoms with Crippen LogP contribution in [0.25, 0.3) is 38.5 Å². The Morgan fingerprint density at radius 2 is 1.77 bits per heavy atom. The van der Waals surface area contributed by atoms with Gasteiger partial charge >= 0.3 is 17.3 Å². The molecule has 52 heavy (non-hydrogen) atoms. The highest BCUT2D eigenvalue weighted by atomic mass is 35.5. The number of anilines is 2. The van der Waals surface area contributed by atoms with Gasteiger partial charge < -0.3 is 16.2 Å². The number of nitrogens with zero attached hydrogens (tertiary/aromatic N) is 6. The topological polar surface area (TPSA) is 163 Å². The fourth-order valence-electron chi connectivity index (χ4n) is 6.21. The highest BCUT2D eigenvalue weighted by Gasteiger charge is 2.23. The molecule has 3 heterocycles. The van der Waals surface area contributed by atoms with Gasteiger partial charge in [0.15, 0.2) is 11.6 Å². The summed E-state index contributed by atoms with van der Waals surface area (Å²) in [6.07, 6.45) is 4.80. The van der Waals surface area contributed by atoms with Gasteiger partial charge in [-0.2, -0.15) is 10.1 Å². The van der Waals surface area contributed by atoms with E-state index in [1.807, 2.05) is 0 Å². The van der Waals surface area contributed by atoms with Gasteiger partial charge in [0, 0.05) is 47.2 Å². The highest BCUT2D eigenvalue weighted by Crippen LogP contribution is 2.36. The summed E-state index contributed by atoms with van der Waals surface area (Å²) in [4.78, 5) is 48.8. The van der Waals surface area contributed by atoms with Crippen molar-refractivity contribution in [1.82, 2.24) is 28.9 Å². The second kappa shape index (κ2) is 13.4. The van der Waals surface area contributed by atoms with Crippen LogP contribution in [0.3, 0.4) is 0 Å². The normalized spacial score (nSPS) is 11.4. The third-order valence-electron chi connectivity index (χ3n) is 8.53.